The monoisotopic (exact) mass is 1060 g/mol. The smallest absolute Gasteiger partial charge is 0.339 e. The number of aliphatic hydroxyl groups excluding tert-OH is 10. The zero-order valence-corrected chi connectivity index (χ0v) is 41.0. The summed E-state index contributed by atoms with van der Waals surface area (Å²) in [7, 11) is 0. The molecule has 6 rings (SSSR count). The van der Waals surface area contributed by atoms with E-state index >= 15 is 0 Å². The van der Waals surface area contributed by atoms with E-state index in [9.17, 15) is 70.2 Å². The van der Waals surface area contributed by atoms with Crippen molar-refractivity contribution in [3.63, 3.8) is 0 Å². The van der Waals surface area contributed by atoms with Gasteiger partial charge in [-0.25, -0.2) is 9.59 Å². The molecule has 3 fully saturated rings. The zero-order chi connectivity index (χ0) is 54.6. The average molecular weight is 1060 g/mol. The molecule has 0 bridgehead atoms. The van der Waals surface area contributed by atoms with Gasteiger partial charge in [-0.2, -0.15) is 0 Å². The van der Waals surface area contributed by atoms with Crippen LogP contribution < -0.4 is 9.47 Å². The van der Waals surface area contributed by atoms with Crippen LogP contribution in [0.2, 0.25) is 0 Å². The minimum Gasteiger partial charge on any atom is -0.463 e. The second kappa shape index (κ2) is 26.9. The van der Waals surface area contributed by atoms with Crippen molar-refractivity contribution in [1.29, 1.82) is 0 Å². The Hall–Kier alpha value is -5.68. The molecule has 3 heterocycles. The van der Waals surface area contributed by atoms with Crippen LogP contribution in [0, 0.1) is 5.92 Å². The van der Waals surface area contributed by atoms with E-state index in [0.717, 1.165) is 13.0 Å². The highest BCUT2D eigenvalue weighted by Gasteiger charge is 2.54. The van der Waals surface area contributed by atoms with Gasteiger partial charge < -0.3 is 98.4 Å². The molecule has 3 aliphatic rings. The Labute approximate surface area is 430 Å². The van der Waals surface area contributed by atoms with E-state index < -0.39 is 167 Å². The van der Waals surface area contributed by atoms with Crippen molar-refractivity contribution in [2.75, 3.05) is 19.8 Å². The van der Waals surface area contributed by atoms with E-state index in [1.54, 1.807) is 44.2 Å². The van der Waals surface area contributed by atoms with Crippen LogP contribution in [0.25, 0.3) is 6.08 Å². The van der Waals surface area contributed by atoms with Crippen molar-refractivity contribution < 1.29 is 118 Å². The standard InChI is InChI=1S/C51H64O24/c1-26(2)19-51(50(65)68-24-30-11-16-32(17-12-30)70-48-44(63)42(61)39(58)34(22-53)72-48,20-37(56)67-23-29-9-14-31(15-10-29)69-47-43(62)41(60)38(57)33(21-52)71-47)75-49-45(64)46(40(59)35(73-49)25-66-27(3)54)74-36(55)18-13-28-7-5-4-6-8-28/h4-18,26,33-35,38-49,52-53,57-64H,19-25H2,1-3H3/b18-13+/t33-,34-,35-,38-,39-,40-,41+,42+,43?,44?,45?,46+,47?,48-,49?,51-/m1/s1. The Morgan fingerprint density at radius 1 is 0.600 bits per heavy atom. The first kappa shape index (κ1) is 58.6. The first-order valence-electron chi connectivity index (χ1n) is 23.9. The summed E-state index contributed by atoms with van der Waals surface area (Å²) in [4.78, 5) is 53.7. The zero-order valence-electron chi connectivity index (χ0n) is 41.0. The summed E-state index contributed by atoms with van der Waals surface area (Å²) < 4.78 is 56.5. The predicted molar refractivity (Wildman–Crippen MR) is 252 cm³/mol. The van der Waals surface area contributed by atoms with Crippen molar-refractivity contribution in [2.45, 2.75) is 145 Å². The molecular weight excluding hydrogens is 997 g/mol. The van der Waals surface area contributed by atoms with E-state index in [2.05, 4.69) is 0 Å². The number of hydrogen-bond acceptors (Lipinski definition) is 24. The highest BCUT2D eigenvalue weighted by atomic mass is 16.7. The average Bonchev–Trinajstić information content (AvgIpc) is 3.39. The Kier molecular flexibility index (Phi) is 21.0. The molecule has 0 amide bonds. The molecule has 24 heteroatoms. The van der Waals surface area contributed by atoms with Crippen molar-refractivity contribution in [2.24, 2.45) is 5.92 Å². The third-order valence-electron chi connectivity index (χ3n) is 12.3. The maximum absolute atomic E-state index is 14.7. The minimum absolute atomic E-state index is 0.102. The lowest BCUT2D eigenvalue weighted by atomic mass is 9.88. The van der Waals surface area contributed by atoms with Crippen LogP contribution in [-0.4, -0.2) is 192 Å². The molecule has 3 aliphatic heterocycles. The fraction of sp³-hybridized carbons (Fsp3) is 0.529. The van der Waals surface area contributed by atoms with Crippen molar-refractivity contribution in [3.8, 4) is 11.5 Å². The second-order valence-electron chi connectivity index (χ2n) is 18.5. The van der Waals surface area contributed by atoms with Gasteiger partial charge >= 0.3 is 23.9 Å². The van der Waals surface area contributed by atoms with Gasteiger partial charge in [-0.05, 0) is 59.4 Å². The molecule has 3 saturated heterocycles. The lowest BCUT2D eigenvalue weighted by molar-refractivity contribution is -0.328. The minimum atomic E-state index is -2.37. The normalized spacial score (nSPS) is 30.7. The fourth-order valence-corrected chi connectivity index (χ4v) is 8.28. The summed E-state index contributed by atoms with van der Waals surface area (Å²) in [6.45, 7) is 1.62. The number of esters is 4. The summed E-state index contributed by atoms with van der Waals surface area (Å²) >= 11 is 0. The van der Waals surface area contributed by atoms with Crippen molar-refractivity contribution in [3.05, 3.63) is 102 Å². The maximum Gasteiger partial charge on any atom is 0.339 e. The summed E-state index contributed by atoms with van der Waals surface area (Å²) in [5.74, 6) is -4.23. The third kappa shape index (κ3) is 15.5. The number of carbonyl (C=O) groups excluding carboxylic acids is 4. The summed E-state index contributed by atoms with van der Waals surface area (Å²) in [6, 6.07) is 20.2. The van der Waals surface area contributed by atoms with Gasteiger partial charge in [0.05, 0.1) is 19.6 Å². The molecular formula is C51H64O24. The predicted octanol–water partition coefficient (Wildman–Crippen LogP) is -1.34. The van der Waals surface area contributed by atoms with Gasteiger partial charge in [0.25, 0.3) is 0 Å². The van der Waals surface area contributed by atoms with Crippen LogP contribution in [0.15, 0.2) is 84.9 Å². The van der Waals surface area contributed by atoms with Gasteiger partial charge in [0, 0.05) is 13.0 Å². The molecule has 3 aromatic rings. The molecule has 24 nitrogen and oxygen atoms in total. The van der Waals surface area contributed by atoms with Crippen LogP contribution in [0.1, 0.15) is 50.3 Å². The first-order valence-corrected chi connectivity index (χ1v) is 23.9. The lowest BCUT2D eigenvalue weighted by Gasteiger charge is -2.44. The molecule has 3 aromatic carbocycles. The molecule has 0 aliphatic carbocycles. The van der Waals surface area contributed by atoms with Crippen molar-refractivity contribution >= 4 is 30.0 Å². The van der Waals surface area contributed by atoms with Gasteiger partial charge in [0.1, 0.15) is 98.5 Å². The van der Waals surface area contributed by atoms with E-state index in [4.69, 9.17) is 47.4 Å². The number of rotatable bonds is 22. The first-order chi connectivity index (χ1) is 35.7. The quantitative estimate of drug-likeness (QED) is 0.0316. The topological polar surface area (TPSA) is 363 Å². The van der Waals surface area contributed by atoms with E-state index in [-0.39, 0.29) is 17.9 Å². The molecule has 10 N–H and O–H groups in total. The number of carbonyl (C=O) groups is 4. The Balaban J connectivity index is 1.23. The Morgan fingerprint density at radius 3 is 1.60 bits per heavy atom. The number of aliphatic hydroxyl groups is 10. The van der Waals surface area contributed by atoms with Gasteiger partial charge in [-0.15, -0.1) is 0 Å². The summed E-state index contributed by atoms with van der Waals surface area (Å²) in [5, 5.41) is 104. The van der Waals surface area contributed by atoms with Crippen LogP contribution in [0.5, 0.6) is 11.5 Å². The fourth-order valence-electron chi connectivity index (χ4n) is 8.28. The second-order valence-corrected chi connectivity index (χ2v) is 18.5. The highest BCUT2D eigenvalue weighted by Crippen LogP contribution is 2.36. The van der Waals surface area contributed by atoms with Gasteiger partial charge in [0.15, 0.2) is 18.0 Å². The van der Waals surface area contributed by atoms with Crippen molar-refractivity contribution in [1.82, 2.24) is 0 Å². The molecule has 75 heavy (non-hydrogen) atoms. The summed E-state index contributed by atoms with van der Waals surface area (Å²) in [6.07, 6.45) is -23.3. The van der Waals surface area contributed by atoms with E-state index in [1.165, 1.54) is 54.6 Å². The molecule has 0 radical (unpaired) electrons. The van der Waals surface area contributed by atoms with E-state index in [1.807, 2.05) is 0 Å². The van der Waals surface area contributed by atoms with Gasteiger partial charge in [0.2, 0.25) is 12.6 Å². The Morgan fingerprint density at radius 2 is 1.11 bits per heavy atom. The van der Waals surface area contributed by atoms with Gasteiger partial charge in [-0.1, -0.05) is 68.4 Å². The lowest BCUT2D eigenvalue weighted by Crippen LogP contribution is -2.63. The number of ether oxygens (including phenoxy) is 10. The molecule has 5 unspecified atom stereocenters. The molecule has 412 valence electrons. The molecule has 0 aromatic heterocycles. The van der Waals surface area contributed by atoms with Gasteiger partial charge in [-0.3, -0.25) is 9.59 Å². The largest absolute Gasteiger partial charge is 0.463 e. The van der Waals surface area contributed by atoms with Crippen LogP contribution in [0.4, 0.5) is 0 Å². The molecule has 0 spiro atoms. The van der Waals surface area contributed by atoms with Crippen LogP contribution >= 0.6 is 0 Å². The summed E-state index contributed by atoms with van der Waals surface area (Å²) in [5.41, 5.74) is -1.02. The SMILES string of the molecule is CC(=O)OC[C@H]1OC(O[C@@](CC(=O)OCc2ccc(OC3O[C@H](CO)[C@@H](O)[C@H](O)C3O)cc2)(CC(C)C)C(=O)OCc2ccc(O[C@@H]3O[C@H](CO)[C@@H](O)[C@H](O)C3O)cc2)C(O)[C@@H](OC(=O)/C=C/c2ccccc2)[C@@H]1O. The molecule has 16 atom stereocenters. The number of benzene rings is 3. The number of hydrogen-bond donors (Lipinski definition) is 10. The maximum atomic E-state index is 14.7. The van der Waals surface area contributed by atoms with Crippen LogP contribution in [0.3, 0.4) is 0 Å². The third-order valence-corrected chi connectivity index (χ3v) is 12.3. The Bertz CT molecular complexity index is 2330. The molecule has 0 saturated carbocycles. The van der Waals surface area contributed by atoms with E-state index in [0.29, 0.717) is 16.7 Å². The van der Waals surface area contributed by atoms with Crippen LogP contribution in [-0.2, 0) is 70.3 Å². The highest BCUT2D eigenvalue weighted by molar-refractivity contribution is 5.87.